The SMILES string of the molecule is Cc1nn(-c2ccccc2)c(C)c1NC(=O)C1CCCN(C(=O)c2cccs2)C1. The molecule has 4 rings (SSSR count). The molecule has 0 saturated carbocycles. The molecule has 3 heterocycles. The number of anilines is 1. The lowest BCUT2D eigenvalue weighted by Crippen LogP contribution is -2.43. The number of rotatable bonds is 4. The molecule has 7 heteroatoms. The van der Waals surface area contributed by atoms with Gasteiger partial charge in [0.25, 0.3) is 5.91 Å². The maximum absolute atomic E-state index is 13.0. The van der Waals surface area contributed by atoms with Gasteiger partial charge in [-0.3, -0.25) is 9.59 Å². The highest BCUT2D eigenvalue weighted by Gasteiger charge is 2.30. The van der Waals surface area contributed by atoms with Gasteiger partial charge in [0, 0.05) is 13.1 Å². The molecule has 1 aromatic carbocycles. The number of aromatic nitrogens is 2. The van der Waals surface area contributed by atoms with Crippen molar-refractivity contribution in [2.45, 2.75) is 26.7 Å². The fraction of sp³-hybridized carbons (Fsp3) is 0.318. The number of benzene rings is 1. The van der Waals surface area contributed by atoms with Crippen molar-refractivity contribution in [1.29, 1.82) is 0 Å². The van der Waals surface area contributed by atoms with Gasteiger partial charge in [-0.25, -0.2) is 4.68 Å². The molecule has 1 fully saturated rings. The van der Waals surface area contributed by atoms with Crippen LogP contribution in [-0.4, -0.2) is 39.6 Å². The summed E-state index contributed by atoms with van der Waals surface area (Å²) in [5.41, 5.74) is 3.38. The number of thiophene rings is 1. The third-order valence-electron chi connectivity index (χ3n) is 5.35. The van der Waals surface area contributed by atoms with Crippen molar-refractivity contribution >= 4 is 28.8 Å². The average molecular weight is 409 g/mol. The quantitative estimate of drug-likeness (QED) is 0.708. The molecule has 150 valence electrons. The van der Waals surface area contributed by atoms with E-state index in [0.29, 0.717) is 13.1 Å². The van der Waals surface area contributed by atoms with Crippen molar-refractivity contribution in [3.63, 3.8) is 0 Å². The van der Waals surface area contributed by atoms with Crippen LogP contribution in [0.25, 0.3) is 5.69 Å². The van der Waals surface area contributed by atoms with E-state index in [-0.39, 0.29) is 17.7 Å². The Kier molecular flexibility index (Phi) is 5.49. The zero-order chi connectivity index (χ0) is 20.4. The molecule has 1 aliphatic rings. The maximum Gasteiger partial charge on any atom is 0.263 e. The molecule has 0 radical (unpaired) electrons. The topological polar surface area (TPSA) is 67.2 Å². The third kappa shape index (κ3) is 3.96. The van der Waals surface area contributed by atoms with Gasteiger partial charge in [-0.1, -0.05) is 24.3 Å². The van der Waals surface area contributed by atoms with Gasteiger partial charge in [-0.15, -0.1) is 11.3 Å². The Morgan fingerprint density at radius 3 is 2.66 bits per heavy atom. The highest BCUT2D eigenvalue weighted by Crippen LogP contribution is 2.26. The Bertz CT molecular complexity index is 1010. The van der Waals surface area contributed by atoms with Crippen LogP contribution in [0.15, 0.2) is 47.8 Å². The minimum absolute atomic E-state index is 0.0155. The Balaban J connectivity index is 1.48. The van der Waals surface area contributed by atoms with Gasteiger partial charge in [0.15, 0.2) is 0 Å². The summed E-state index contributed by atoms with van der Waals surface area (Å²) in [6, 6.07) is 13.6. The summed E-state index contributed by atoms with van der Waals surface area (Å²) in [7, 11) is 0. The Hall–Kier alpha value is -2.93. The van der Waals surface area contributed by atoms with Gasteiger partial charge in [0.05, 0.1) is 33.6 Å². The number of nitrogens with one attached hydrogen (secondary N) is 1. The van der Waals surface area contributed by atoms with Crippen LogP contribution in [0.1, 0.15) is 33.9 Å². The molecule has 6 nitrogen and oxygen atoms in total. The number of hydrogen-bond acceptors (Lipinski definition) is 4. The fourth-order valence-electron chi connectivity index (χ4n) is 3.80. The van der Waals surface area contributed by atoms with Crippen LogP contribution in [0, 0.1) is 19.8 Å². The third-order valence-corrected chi connectivity index (χ3v) is 6.21. The van der Waals surface area contributed by atoms with E-state index in [4.69, 9.17) is 0 Å². The maximum atomic E-state index is 13.0. The molecule has 0 bridgehead atoms. The first kappa shape index (κ1) is 19.4. The molecule has 1 saturated heterocycles. The molecule has 0 aliphatic carbocycles. The summed E-state index contributed by atoms with van der Waals surface area (Å²) in [6.07, 6.45) is 1.61. The predicted molar refractivity (Wildman–Crippen MR) is 115 cm³/mol. The molecule has 1 N–H and O–H groups in total. The second kappa shape index (κ2) is 8.21. The van der Waals surface area contributed by atoms with E-state index in [1.165, 1.54) is 11.3 Å². The molecule has 1 aliphatic heterocycles. The van der Waals surface area contributed by atoms with E-state index in [2.05, 4.69) is 10.4 Å². The van der Waals surface area contributed by atoms with E-state index in [9.17, 15) is 9.59 Å². The van der Waals surface area contributed by atoms with Crippen molar-refractivity contribution in [3.05, 3.63) is 64.1 Å². The van der Waals surface area contributed by atoms with Crippen molar-refractivity contribution < 1.29 is 9.59 Å². The van der Waals surface area contributed by atoms with Gasteiger partial charge in [0.2, 0.25) is 5.91 Å². The smallest absolute Gasteiger partial charge is 0.263 e. The lowest BCUT2D eigenvalue weighted by molar-refractivity contribution is -0.121. The van der Waals surface area contributed by atoms with E-state index in [1.54, 1.807) is 4.90 Å². The normalized spacial score (nSPS) is 16.6. The second-order valence-electron chi connectivity index (χ2n) is 7.35. The molecule has 1 unspecified atom stereocenters. The van der Waals surface area contributed by atoms with Crippen molar-refractivity contribution in [2.24, 2.45) is 5.92 Å². The Labute approximate surface area is 174 Å². The lowest BCUT2D eigenvalue weighted by atomic mass is 9.96. The minimum atomic E-state index is -0.216. The summed E-state index contributed by atoms with van der Waals surface area (Å²) in [6.45, 7) is 5.00. The van der Waals surface area contributed by atoms with Crippen molar-refractivity contribution in [2.75, 3.05) is 18.4 Å². The molecule has 3 aromatic rings. The van der Waals surface area contributed by atoms with Crippen molar-refractivity contribution in [1.82, 2.24) is 14.7 Å². The summed E-state index contributed by atoms with van der Waals surface area (Å²) < 4.78 is 1.85. The average Bonchev–Trinajstić information content (AvgIpc) is 3.38. The molecule has 29 heavy (non-hydrogen) atoms. The standard InChI is InChI=1S/C22H24N4O2S/c1-15-20(16(2)26(24-15)18-9-4-3-5-10-18)23-21(27)17-8-6-12-25(14-17)22(28)19-11-7-13-29-19/h3-5,7,9-11,13,17H,6,8,12,14H2,1-2H3,(H,23,27). The summed E-state index contributed by atoms with van der Waals surface area (Å²) in [5.74, 6) is -0.249. The lowest BCUT2D eigenvalue weighted by Gasteiger charge is -2.31. The fourth-order valence-corrected chi connectivity index (χ4v) is 4.49. The first-order chi connectivity index (χ1) is 14.0. The van der Waals surface area contributed by atoms with Gasteiger partial charge in [-0.05, 0) is 50.3 Å². The van der Waals surface area contributed by atoms with E-state index in [0.717, 1.165) is 40.5 Å². The summed E-state index contributed by atoms with van der Waals surface area (Å²) in [4.78, 5) is 28.2. The minimum Gasteiger partial charge on any atom is -0.337 e. The number of carbonyl (C=O) groups is 2. The van der Waals surface area contributed by atoms with Gasteiger partial charge < -0.3 is 10.2 Å². The second-order valence-corrected chi connectivity index (χ2v) is 8.30. The van der Waals surface area contributed by atoms with Crippen LogP contribution in [0.2, 0.25) is 0 Å². The van der Waals surface area contributed by atoms with Gasteiger partial charge >= 0.3 is 0 Å². The number of aryl methyl sites for hydroxylation is 1. The molecule has 2 amide bonds. The van der Waals surface area contributed by atoms with Crippen LogP contribution < -0.4 is 5.32 Å². The zero-order valence-corrected chi connectivity index (χ0v) is 17.4. The first-order valence-electron chi connectivity index (χ1n) is 9.80. The van der Waals surface area contributed by atoms with E-state index in [1.807, 2.05) is 66.4 Å². The number of nitrogens with zero attached hydrogens (tertiary/aromatic N) is 3. The van der Waals surface area contributed by atoms with Crippen LogP contribution in [-0.2, 0) is 4.79 Å². The molecule has 0 spiro atoms. The number of likely N-dealkylation sites (tertiary alicyclic amines) is 1. The first-order valence-corrected chi connectivity index (χ1v) is 10.7. The molecular weight excluding hydrogens is 384 g/mol. The van der Waals surface area contributed by atoms with Gasteiger partial charge in [-0.2, -0.15) is 5.10 Å². The summed E-state index contributed by atoms with van der Waals surface area (Å²) >= 11 is 1.44. The van der Waals surface area contributed by atoms with Crippen molar-refractivity contribution in [3.8, 4) is 5.69 Å². The zero-order valence-electron chi connectivity index (χ0n) is 16.6. The van der Waals surface area contributed by atoms with Gasteiger partial charge in [0.1, 0.15) is 0 Å². The molecular formula is C22H24N4O2S. The van der Waals surface area contributed by atoms with Crippen LogP contribution in [0.4, 0.5) is 5.69 Å². The largest absolute Gasteiger partial charge is 0.337 e. The summed E-state index contributed by atoms with van der Waals surface area (Å²) in [5, 5.41) is 9.57. The van der Waals surface area contributed by atoms with Crippen LogP contribution in [0.3, 0.4) is 0 Å². The number of carbonyl (C=O) groups excluding carboxylic acids is 2. The molecule has 2 aromatic heterocycles. The Morgan fingerprint density at radius 1 is 1.14 bits per heavy atom. The van der Waals surface area contributed by atoms with Crippen LogP contribution in [0.5, 0.6) is 0 Å². The highest BCUT2D eigenvalue weighted by molar-refractivity contribution is 7.12. The number of para-hydroxylation sites is 1. The van der Waals surface area contributed by atoms with Crippen LogP contribution >= 0.6 is 11.3 Å². The number of hydrogen-bond donors (Lipinski definition) is 1. The number of piperidine rings is 1. The predicted octanol–water partition coefficient (Wildman–Crippen LogP) is 4.04. The van der Waals surface area contributed by atoms with E-state index >= 15 is 0 Å². The van der Waals surface area contributed by atoms with E-state index < -0.39 is 0 Å². The highest BCUT2D eigenvalue weighted by atomic mass is 32.1. The monoisotopic (exact) mass is 408 g/mol. The molecule has 1 atom stereocenters. The number of amides is 2. The Morgan fingerprint density at radius 2 is 1.93 bits per heavy atom.